The van der Waals surface area contributed by atoms with Gasteiger partial charge in [-0.25, -0.2) is 4.98 Å². The van der Waals surface area contributed by atoms with Crippen molar-refractivity contribution < 1.29 is 4.42 Å². The van der Waals surface area contributed by atoms with Crippen molar-refractivity contribution in [2.24, 2.45) is 0 Å². The fourth-order valence-corrected chi connectivity index (χ4v) is 2.48. The van der Waals surface area contributed by atoms with Crippen molar-refractivity contribution >= 4 is 11.8 Å². The molecule has 1 aromatic heterocycles. The Balaban J connectivity index is 2.00. The lowest BCUT2D eigenvalue weighted by molar-refractivity contribution is 0.454. The molecule has 96 valence electrons. The normalized spacial score (nSPS) is 10.8. The number of rotatable bonds is 6. The zero-order chi connectivity index (χ0) is 12.8. The van der Waals surface area contributed by atoms with Gasteiger partial charge in [0, 0.05) is 11.4 Å². The fraction of sp³-hybridized carbons (Fsp3) is 0.357. The van der Waals surface area contributed by atoms with Gasteiger partial charge in [-0.1, -0.05) is 13.0 Å². The molecule has 1 heterocycles. The number of oxazole rings is 1. The Morgan fingerprint density at radius 1 is 1.39 bits per heavy atom. The monoisotopic (exact) mass is 262 g/mol. The Morgan fingerprint density at radius 3 is 2.94 bits per heavy atom. The van der Waals surface area contributed by atoms with E-state index in [9.17, 15) is 0 Å². The third-order valence-electron chi connectivity index (χ3n) is 2.67. The van der Waals surface area contributed by atoms with E-state index < -0.39 is 0 Å². The van der Waals surface area contributed by atoms with Gasteiger partial charge in [0.2, 0.25) is 0 Å². The average Bonchev–Trinajstić information content (AvgIpc) is 2.85. The highest BCUT2D eigenvalue weighted by atomic mass is 32.2. The first-order valence-electron chi connectivity index (χ1n) is 6.17. The maximum atomic E-state index is 5.23. The summed E-state index contributed by atoms with van der Waals surface area (Å²) < 4.78 is 5.23. The summed E-state index contributed by atoms with van der Waals surface area (Å²) in [4.78, 5) is 5.27. The molecule has 0 fully saturated rings. The van der Waals surface area contributed by atoms with Crippen LogP contribution in [0.1, 0.15) is 24.5 Å². The first-order chi connectivity index (χ1) is 8.79. The van der Waals surface area contributed by atoms with E-state index in [0.717, 1.165) is 24.4 Å². The molecule has 0 saturated carbocycles. The topological polar surface area (TPSA) is 38.1 Å². The van der Waals surface area contributed by atoms with Crippen LogP contribution < -0.4 is 5.32 Å². The molecule has 0 atom stereocenters. The molecule has 4 heteroatoms. The van der Waals surface area contributed by atoms with Crippen molar-refractivity contribution in [3.05, 3.63) is 41.8 Å². The van der Waals surface area contributed by atoms with Crippen LogP contribution in [0, 0.1) is 6.92 Å². The molecule has 0 spiro atoms. The van der Waals surface area contributed by atoms with Crippen LogP contribution in [0.3, 0.4) is 0 Å². The van der Waals surface area contributed by atoms with Crippen LogP contribution in [0.2, 0.25) is 0 Å². The molecule has 0 bridgehead atoms. The maximum absolute atomic E-state index is 5.23. The summed E-state index contributed by atoms with van der Waals surface area (Å²) in [5.41, 5.74) is 2.65. The van der Waals surface area contributed by atoms with Gasteiger partial charge in [-0.3, -0.25) is 0 Å². The van der Waals surface area contributed by atoms with E-state index in [1.807, 2.05) is 0 Å². The second kappa shape index (κ2) is 6.61. The third-order valence-corrected chi connectivity index (χ3v) is 3.54. The Bertz CT molecular complexity index is 483. The van der Waals surface area contributed by atoms with E-state index in [4.69, 9.17) is 4.42 Å². The third kappa shape index (κ3) is 3.62. The number of hydrogen-bond donors (Lipinski definition) is 1. The molecule has 0 unspecified atom stereocenters. The summed E-state index contributed by atoms with van der Waals surface area (Å²) in [5, 5.41) is 4.11. The van der Waals surface area contributed by atoms with Gasteiger partial charge in [-0.2, -0.15) is 0 Å². The molecule has 0 aliphatic carbocycles. The van der Waals surface area contributed by atoms with Crippen LogP contribution in [0.5, 0.6) is 0 Å². The largest absolute Gasteiger partial charge is 0.440 e. The predicted octanol–water partition coefficient (Wildman–Crippen LogP) is 3.63. The molecule has 0 aliphatic heterocycles. The highest BCUT2D eigenvalue weighted by Crippen LogP contribution is 2.27. The molecule has 1 N–H and O–H groups in total. The zero-order valence-corrected chi connectivity index (χ0v) is 11.6. The van der Waals surface area contributed by atoms with Crippen molar-refractivity contribution in [2.45, 2.75) is 36.9 Å². The van der Waals surface area contributed by atoms with Gasteiger partial charge in [0.05, 0.1) is 6.20 Å². The Labute approximate surface area is 112 Å². The predicted molar refractivity (Wildman–Crippen MR) is 73.8 cm³/mol. The quantitative estimate of drug-likeness (QED) is 0.807. The summed E-state index contributed by atoms with van der Waals surface area (Å²) in [6.07, 6.45) is 4.42. The van der Waals surface area contributed by atoms with Gasteiger partial charge in [0.15, 0.2) is 0 Å². The first kappa shape index (κ1) is 13.2. The van der Waals surface area contributed by atoms with E-state index in [-0.39, 0.29) is 0 Å². The van der Waals surface area contributed by atoms with Gasteiger partial charge in [-0.15, -0.1) is 0 Å². The lowest BCUT2D eigenvalue weighted by Crippen LogP contribution is -2.14. The second-order valence-electron chi connectivity index (χ2n) is 4.17. The summed E-state index contributed by atoms with van der Waals surface area (Å²) in [7, 11) is 0. The van der Waals surface area contributed by atoms with Crippen molar-refractivity contribution in [3.8, 4) is 0 Å². The molecular formula is C14H18N2OS. The van der Waals surface area contributed by atoms with Crippen molar-refractivity contribution in [1.82, 2.24) is 10.3 Å². The molecule has 2 rings (SSSR count). The number of aromatic nitrogens is 1. The lowest BCUT2D eigenvalue weighted by Gasteiger charge is -2.08. The highest BCUT2D eigenvalue weighted by Gasteiger charge is 2.04. The number of hydrogen-bond acceptors (Lipinski definition) is 4. The Morgan fingerprint density at radius 2 is 2.28 bits per heavy atom. The van der Waals surface area contributed by atoms with E-state index in [0.29, 0.717) is 5.22 Å². The number of nitrogens with zero attached hydrogens (tertiary/aromatic N) is 1. The standard InChI is InChI=1S/C14H18N2OS/c1-3-6-15-10-12-4-5-13(9-11(12)2)18-14-16-7-8-17-14/h4-5,7-9,15H,3,6,10H2,1-2H3. The molecule has 0 radical (unpaired) electrons. The fourth-order valence-electron chi connectivity index (χ4n) is 1.69. The summed E-state index contributed by atoms with van der Waals surface area (Å²) in [6.45, 7) is 6.31. The summed E-state index contributed by atoms with van der Waals surface area (Å²) in [5.74, 6) is 0. The van der Waals surface area contributed by atoms with E-state index in [1.165, 1.54) is 11.1 Å². The maximum Gasteiger partial charge on any atom is 0.260 e. The molecule has 0 aliphatic rings. The second-order valence-corrected chi connectivity index (χ2v) is 5.19. The molecule has 0 amide bonds. The number of nitrogens with one attached hydrogen (secondary N) is 1. The lowest BCUT2D eigenvalue weighted by atomic mass is 10.1. The molecule has 2 aromatic rings. The minimum atomic E-state index is 0.686. The Kier molecular flexibility index (Phi) is 4.84. The summed E-state index contributed by atoms with van der Waals surface area (Å²) in [6, 6.07) is 6.46. The van der Waals surface area contributed by atoms with Gasteiger partial charge >= 0.3 is 0 Å². The zero-order valence-electron chi connectivity index (χ0n) is 10.8. The number of benzene rings is 1. The molecule has 3 nitrogen and oxygen atoms in total. The molecular weight excluding hydrogens is 244 g/mol. The van der Waals surface area contributed by atoms with E-state index in [1.54, 1.807) is 24.2 Å². The van der Waals surface area contributed by atoms with Gasteiger partial charge in [-0.05, 0) is 54.9 Å². The van der Waals surface area contributed by atoms with Crippen LogP contribution in [0.15, 0.2) is 45.2 Å². The minimum Gasteiger partial charge on any atom is -0.440 e. The van der Waals surface area contributed by atoms with Gasteiger partial charge in [0.1, 0.15) is 6.26 Å². The van der Waals surface area contributed by atoms with Crippen LogP contribution in [-0.4, -0.2) is 11.5 Å². The van der Waals surface area contributed by atoms with E-state index in [2.05, 4.69) is 42.3 Å². The van der Waals surface area contributed by atoms with Crippen LogP contribution in [0.4, 0.5) is 0 Å². The van der Waals surface area contributed by atoms with Gasteiger partial charge in [0.25, 0.3) is 5.22 Å². The number of aryl methyl sites for hydroxylation is 1. The van der Waals surface area contributed by atoms with Crippen LogP contribution in [0.25, 0.3) is 0 Å². The molecule has 1 aromatic carbocycles. The van der Waals surface area contributed by atoms with Gasteiger partial charge < -0.3 is 9.73 Å². The molecule has 0 saturated heterocycles. The SMILES string of the molecule is CCCNCc1ccc(Sc2ncco2)cc1C. The Hall–Kier alpha value is -1.26. The highest BCUT2D eigenvalue weighted by molar-refractivity contribution is 7.99. The van der Waals surface area contributed by atoms with Crippen LogP contribution in [-0.2, 0) is 6.54 Å². The summed E-state index contributed by atoms with van der Waals surface area (Å²) >= 11 is 1.55. The average molecular weight is 262 g/mol. The smallest absolute Gasteiger partial charge is 0.260 e. The van der Waals surface area contributed by atoms with Crippen molar-refractivity contribution in [3.63, 3.8) is 0 Å². The first-order valence-corrected chi connectivity index (χ1v) is 6.99. The van der Waals surface area contributed by atoms with Crippen LogP contribution >= 0.6 is 11.8 Å². The minimum absolute atomic E-state index is 0.686. The molecule has 18 heavy (non-hydrogen) atoms. The van der Waals surface area contributed by atoms with E-state index >= 15 is 0 Å². The van der Waals surface area contributed by atoms with Crippen molar-refractivity contribution in [2.75, 3.05) is 6.54 Å². The van der Waals surface area contributed by atoms with Crippen molar-refractivity contribution in [1.29, 1.82) is 0 Å².